The number of unbranched alkanes of at least 4 members (excludes halogenated alkanes) is 2. The highest BCUT2D eigenvalue weighted by Crippen LogP contribution is 2.31. The maximum atomic E-state index is 13.7. The highest BCUT2D eigenvalue weighted by atomic mass is 16.3. The lowest BCUT2D eigenvalue weighted by Gasteiger charge is -2.31. The molecular formula is C34H43N3O3. The maximum Gasteiger partial charge on any atom is 0.231 e. The van der Waals surface area contributed by atoms with Crippen molar-refractivity contribution in [3.63, 3.8) is 0 Å². The van der Waals surface area contributed by atoms with Crippen molar-refractivity contribution < 1.29 is 14.0 Å². The summed E-state index contributed by atoms with van der Waals surface area (Å²) in [6.45, 7) is 6.44. The van der Waals surface area contributed by atoms with Crippen molar-refractivity contribution in [1.29, 1.82) is 5.41 Å². The van der Waals surface area contributed by atoms with Gasteiger partial charge in [-0.05, 0) is 66.8 Å². The van der Waals surface area contributed by atoms with Gasteiger partial charge in [-0.25, -0.2) is 0 Å². The van der Waals surface area contributed by atoms with Gasteiger partial charge in [-0.1, -0.05) is 69.9 Å². The number of fused-ring (bicyclic) bond motifs is 1. The molecule has 2 amide bonds. The van der Waals surface area contributed by atoms with Crippen LogP contribution in [0.15, 0.2) is 59.2 Å². The number of carbonyl (C=O) groups excluding carboxylic acids is 2. The molecule has 2 unspecified atom stereocenters. The van der Waals surface area contributed by atoms with Crippen molar-refractivity contribution in [2.45, 2.75) is 71.6 Å². The fourth-order valence-corrected chi connectivity index (χ4v) is 6.41. The highest BCUT2D eigenvalue weighted by molar-refractivity contribution is 6.07. The van der Waals surface area contributed by atoms with E-state index in [9.17, 15) is 9.59 Å². The number of hydrogen-bond acceptors (Lipinski definition) is 4. The van der Waals surface area contributed by atoms with Gasteiger partial charge in [0.2, 0.25) is 11.8 Å². The van der Waals surface area contributed by atoms with E-state index in [1.165, 1.54) is 0 Å². The Morgan fingerprint density at radius 3 is 2.52 bits per heavy atom. The topological polar surface area (TPSA) is 77.6 Å². The van der Waals surface area contributed by atoms with Crippen LogP contribution in [0.25, 0.3) is 22.1 Å². The number of nitrogens with one attached hydrogen (secondary N) is 1. The second-order valence-electron chi connectivity index (χ2n) is 11.9. The van der Waals surface area contributed by atoms with E-state index < -0.39 is 0 Å². The van der Waals surface area contributed by atoms with Crippen LogP contribution in [0, 0.1) is 23.2 Å². The minimum atomic E-state index is 0.00808. The first-order valence-corrected chi connectivity index (χ1v) is 15.2. The van der Waals surface area contributed by atoms with Gasteiger partial charge in [0.1, 0.15) is 11.4 Å². The molecule has 2 aliphatic rings. The molecular weight excluding hydrogens is 498 g/mol. The van der Waals surface area contributed by atoms with Crippen molar-refractivity contribution >= 4 is 28.6 Å². The van der Waals surface area contributed by atoms with E-state index in [1.807, 2.05) is 47.4 Å². The van der Waals surface area contributed by atoms with Gasteiger partial charge in [-0.15, -0.1) is 0 Å². The molecule has 2 fully saturated rings. The first-order valence-electron chi connectivity index (χ1n) is 15.2. The minimum Gasteiger partial charge on any atom is -0.464 e. The van der Waals surface area contributed by atoms with E-state index in [4.69, 9.17) is 9.83 Å². The summed E-state index contributed by atoms with van der Waals surface area (Å²) in [6.07, 6.45) is 10.5. The third-order valence-electron chi connectivity index (χ3n) is 9.03. The maximum absolute atomic E-state index is 13.7. The largest absolute Gasteiger partial charge is 0.464 e. The van der Waals surface area contributed by atoms with Crippen LogP contribution in [0.1, 0.15) is 77.2 Å². The summed E-state index contributed by atoms with van der Waals surface area (Å²) in [5.74, 6) is 1.21. The summed E-state index contributed by atoms with van der Waals surface area (Å²) in [4.78, 5) is 30.2. The van der Waals surface area contributed by atoms with Crippen LogP contribution in [-0.2, 0) is 9.59 Å². The van der Waals surface area contributed by atoms with Gasteiger partial charge in [0, 0.05) is 42.9 Å². The smallest absolute Gasteiger partial charge is 0.231 e. The molecule has 2 heterocycles. The second-order valence-corrected chi connectivity index (χ2v) is 11.9. The molecule has 1 N–H and O–H groups in total. The Balaban J connectivity index is 1.28. The van der Waals surface area contributed by atoms with E-state index in [0.29, 0.717) is 18.9 Å². The molecule has 2 atom stereocenters. The second kappa shape index (κ2) is 12.8. The Kier molecular flexibility index (Phi) is 9.03. The zero-order valence-electron chi connectivity index (χ0n) is 24.0. The Morgan fingerprint density at radius 2 is 1.77 bits per heavy atom. The molecule has 0 spiro atoms. The Hall–Kier alpha value is -3.41. The highest BCUT2D eigenvalue weighted by Gasteiger charge is 2.35. The van der Waals surface area contributed by atoms with Crippen LogP contribution in [0.3, 0.4) is 0 Å². The summed E-state index contributed by atoms with van der Waals surface area (Å²) >= 11 is 0. The van der Waals surface area contributed by atoms with Crippen LogP contribution in [0.5, 0.6) is 0 Å². The van der Waals surface area contributed by atoms with E-state index >= 15 is 0 Å². The third kappa shape index (κ3) is 6.32. The number of hydrogen-bond donors (Lipinski definition) is 1. The zero-order valence-corrected chi connectivity index (χ0v) is 24.0. The van der Waals surface area contributed by atoms with E-state index in [2.05, 4.69) is 19.9 Å². The monoisotopic (exact) mass is 541 g/mol. The molecule has 1 aromatic heterocycles. The fraction of sp³-hybridized carbons (Fsp3) is 0.500. The third-order valence-corrected chi connectivity index (χ3v) is 9.03. The van der Waals surface area contributed by atoms with Gasteiger partial charge in [0.05, 0.1) is 6.26 Å². The molecule has 212 valence electrons. The molecule has 3 aromatic rings. The van der Waals surface area contributed by atoms with Gasteiger partial charge < -0.3 is 9.32 Å². The number of nitrogens with zero attached hydrogens (tertiary/aromatic N) is 2. The molecule has 2 aromatic carbocycles. The summed E-state index contributed by atoms with van der Waals surface area (Å²) in [7, 11) is 0. The Labute approximate surface area is 238 Å². The summed E-state index contributed by atoms with van der Waals surface area (Å²) < 4.78 is 5.47. The van der Waals surface area contributed by atoms with Crippen LogP contribution in [0.2, 0.25) is 0 Å². The quantitative estimate of drug-likeness (QED) is 0.164. The zero-order chi connectivity index (χ0) is 28.1. The number of rotatable bonds is 10. The van der Waals surface area contributed by atoms with Crippen LogP contribution >= 0.6 is 0 Å². The van der Waals surface area contributed by atoms with Crippen molar-refractivity contribution in [2.24, 2.45) is 17.8 Å². The van der Waals surface area contributed by atoms with E-state index in [0.717, 1.165) is 92.1 Å². The average molecular weight is 542 g/mol. The predicted molar refractivity (Wildman–Crippen MR) is 160 cm³/mol. The van der Waals surface area contributed by atoms with Crippen LogP contribution in [0.4, 0.5) is 0 Å². The van der Waals surface area contributed by atoms with E-state index in [1.54, 1.807) is 11.2 Å². The number of furan rings is 1. The molecule has 6 heteroatoms. The first kappa shape index (κ1) is 28.1. The first-order chi connectivity index (χ1) is 19.4. The Morgan fingerprint density at radius 1 is 1.02 bits per heavy atom. The number of carbonyl (C=O) groups is 2. The minimum absolute atomic E-state index is 0.00808. The molecule has 1 aliphatic heterocycles. The Bertz CT molecular complexity index is 1320. The lowest BCUT2D eigenvalue weighted by molar-refractivity contribution is -0.132. The predicted octanol–water partition coefficient (Wildman–Crippen LogP) is 7.51. The molecule has 0 radical (unpaired) electrons. The number of benzene rings is 2. The molecule has 1 saturated carbocycles. The summed E-state index contributed by atoms with van der Waals surface area (Å²) in [5.41, 5.74) is 3.78. The number of amides is 2. The normalized spacial score (nSPS) is 18.4. The number of amidine groups is 1. The van der Waals surface area contributed by atoms with Crippen LogP contribution in [-0.4, -0.2) is 47.1 Å². The van der Waals surface area contributed by atoms with Crippen LogP contribution < -0.4 is 0 Å². The van der Waals surface area contributed by atoms with Crippen molar-refractivity contribution in [3.05, 3.63) is 60.4 Å². The molecule has 1 saturated heterocycles. The van der Waals surface area contributed by atoms with E-state index in [-0.39, 0.29) is 29.5 Å². The average Bonchev–Trinajstić information content (AvgIpc) is 3.77. The van der Waals surface area contributed by atoms with Crippen molar-refractivity contribution in [1.82, 2.24) is 9.80 Å². The SMILES string of the molecule is CCCCCC(=O)N1CCC(C(C)CN(C(=N)c2ccc(-c3ccc4occc4c3)cc2)C(=O)C2CCCC2)C1. The van der Waals surface area contributed by atoms with Crippen molar-refractivity contribution in [3.8, 4) is 11.1 Å². The van der Waals surface area contributed by atoms with Gasteiger partial charge in [-0.2, -0.15) is 0 Å². The molecule has 0 bridgehead atoms. The molecule has 5 rings (SSSR count). The van der Waals surface area contributed by atoms with Gasteiger partial charge in [-0.3, -0.25) is 19.9 Å². The summed E-state index contributed by atoms with van der Waals surface area (Å²) in [6, 6.07) is 16.1. The molecule has 1 aliphatic carbocycles. The summed E-state index contributed by atoms with van der Waals surface area (Å²) in [5, 5.41) is 10.2. The molecule has 6 nitrogen and oxygen atoms in total. The molecule has 40 heavy (non-hydrogen) atoms. The van der Waals surface area contributed by atoms with Crippen molar-refractivity contribution in [2.75, 3.05) is 19.6 Å². The number of likely N-dealkylation sites (tertiary alicyclic amines) is 1. The van der Waals surface area contributed by atoms with Gasteiger partial charge in [0.15, 0.2) is 0 Å². The lowest BCUT2D eigenvalue weighted by atomic mass is 9.91. The fourth-order valence-electron chi connectivity index (χ4n) is 6.41. The lowest BCUT2D eigenvalue weighted by Crippen LogP contribution is -2.44. The van der Waals surface area contributed by atoms with Gasteiger partial charge in [0.25, 0.3) is 0 Å². The van der Waals surface area contributed by atoms with Gasteiger partial charge >= 0.3 is 0 Å². The standard InChI is InChI=1S/C34H43N3O3/c1-3-4-5-10-32(38)36-19-17-30(23-36)24(2)22-37(34(39)27-8-6-7-9-27)33(35)26-13-11-25(12-14-26)28-15-16-31-29(21-28)18-20-40-31/h11-16,18,20-21,24,27,30,35H,3-10,17,19,22-23H2,1-2H3.